The molecule has 0 N–H and O–H groups in total. The number of aryl methyl sites for hydroxylation is 1. The highest BCUT2D eigenvalue weighted by Crippen LogP contribution is 2.31. The predicted molar refractivity (Wildman–Crippen MR) is 61.4 cm³/mol. The van der Waals surface area contributed by atoms with Gasteiger partial charge in [-0.25, -0.2) is 0 Å². The van der Waals surface area contributed by atoms with Crippen LogP contribution in [-0.4, -0.2) is 0 Å². The van der Waals surface area contributed by atoms with Crippen molar-refractivity contribution in [3.8, 4) is 6.07 Å². The van der Waals surface area contributed by atoms with E-state index in [1.165, 1.54) is 5.56 Å². The number of benzene rings is 1. The van der Waals surface area contributed by atoms with E-state index in [1.807, 2.05) is 36.4 Å². The van der Waals surface area contributed by atoms with E-state index < -0.39 is 5.41 Å². The molecular formula is C14H13N. The number of rotatable bonds is 1. The van der Waals surface area contributed by atoms with Crippen LogP contribution in [0.5, 0.6) is 0 Å². The normalized spacial score (nSPS) is 23.7. The molecule has 1 atom stereocenters. The van der Waals surface area contributed by atoms with E-state index in [0.29, 0.717) is 0 Å². The van der Waals surface area contributed by atoms with Gasteiger partial charge in [-0.15, -0.1) is 0 Å². The van der Waals surface area contributed by atoms with Gasteiger partial charge >= 0.3 is 0 Å². The Hall–Kier alpha value is -1.81. The van der Waals surface area contributed by atoms with Crippen molar-refractivity contribution in [3.05, 3.63) is 59.7 Å². The Labute approximate surface area is 90.4 Å². The van der Waals surface area contributed by atoms with Crippen LogP contribution in [0.25, 0.3) is 0 Å². The third-order valence-electron chi connectivity index (χ3n) is 2.83. The highest BCUT2D eigenvalue weighted by Gasteiger charge is 2.28. The van der Waals surface area contributed by atoms with Crippen LogP contribution in [-0.2, 0) is 5.41 Å². The summed E-state index contributed by atoms with van der Waals surface area (Å²) >= 11 is 0. The topological polar surface area (TPSA) is 23.8 Å². The molecule has 0 amide bonds. The number of hydrogen-bond donors (Lipinski definition) is 0. The summed E-state index contributed by atoms with van der Waals surface area (Å²) in [6.45, 7) is 2.06. The minimum Gasteiger partial charge on any atom is -0.197 e. The second kappa shape index (κ2) is 3.74. The molecule has 0 saturated carbocycles. The third-order valence-corrected chi connectivity index (χ3v) is 2.83. The van der Waals surface area contributed by atoms with Gasteiger partial charge in [-0.2, -0.15) is 5.26 Å². The zero-order valence-corrected chi connectivity index (χ0v) is 8.77. The second-order valence-corrected chi connectivity index (χ2v) is 3.94. The summed E-state index contributed by atoms with van der Waals surface area (Å²) < 4.78 is 0. The molecule has 1 nitrogen and oxygen atoms in total. The van der Waals surface area contributed by atoms with Crippen LogP contribution >= 0.6 is 0 Å². The molecule has 1 aliphatic carbocycles. The van der Waals surface area contributed by atoms with Gasteiger partial charge in [0, 0.05) is 0 Å². The lowest BCUT2D eigenvalue weighted by molar-refractivity contribution is 0.690. The first-order valence-electron chi connectivity index (χ1n) is 5.10. The average molecular weight is 195 g/mol. The van der Waals surface area contributed by atoms with Crippen LogP contribution < -0.4 is 0 Å². The van der Waals surface area contributed by atoms with Gasteiger partial charge in [0.25, 0.3) is 0 Å². The zero-order valence-electron chi connectivity index (χ0n) is 8.77. The first-order valence-corrected chi connectivity index (χ1v) is 5.10. The van der Waals surface area contributed by atoms with E-state index >= 15 is 0 Å². The molecule has 15 heavy (non-hydrogen) atoms. The Kier molecular flexibility index (Phi) is 2.43. The fraction of sp³-hybridized carbons (Fsp3) is 0.214. The van der Waals surface area contributed by atoms with Gasteiger partial charge in [-0.3, -0.25) is 0 Å². The quantitative estimate of drug-likeness (QED) is 0.674. The van der Waals surface area contributed by atoms with E-state index in [0.717, 1.165) is 12.0 Å². The first kappa shape index (κ1) is 9.73. The minimum absolute atomic E-state index is 0.456. The molecule has 1 heteroatoms. The van der Waals surface area contributed by atoms with Gasteiger partial charge in [0.1, 0.15) is 5.41 Å². The Morgan fingerprint density at radius 1 is 1.20 bits per heavy atom. The molecule has 0 aliphatic heterocycles. The molecule has 0 spiro atoms. The maximum absolute atomic E-state index is 9.33. The summed E-state index contributed by atoms with van der Waals surface area (Å²) in [5, 5.41) is 9.33. The fourth-order valence-corrected chi connectivity index (χ4v) is 1.83. The summed E-state index contributed by atoms with van der Waals surface area (Å²) in [5.41, 5.74) is 1.85. The van der Waals surface area contributed by atoms with Gasteiger partial charge in [0.2, 0.25) is 0 Å². The first-order chi connectivity index (χ1) is 7.27. The fourth-order valence-electron chi connectivity index (χ4n) is 1.83. The van der Waals surface area contributed by atoms with Crippen LogP contribution in [0.3, 0.4) is 0 Å². The molecule has 0 saturated heterocycles. The van der Waals surface area contributed by atoms with Crippen molar-refractivity contribution >= 4 is 0 Å². The SMILES string of the molecule is Cc1ccc(C2(C#N)C=CC=CC2)cc1. The lowest BCUT2D eigenvalue weighted by Gasteiger charge is -2.23. The van der Waals surface area contributed by atoms with Crippen LogP contribution in [0.1, 0.15) is 17.5 Å². The summed E-state index contributed by atoms with van der Waals surface area (Å²) in [6.07, 6.45) is 8.74. The van der Waals surface area contributed by atoms with Crippen LogP contribution in [0.4, 0.5) is 0 Å². The molecule has 0 radical (unpaired) electrons. The van der Waals surface area contributed by atoms with E-state index in [9.17, 15) is 5.26 Å². The largest absolute Gasteiger partial charge is 0.197 e. The summed E-state index contributed by atoms with van der Waals surface area (Å²) in [5.74, 6) is 0. The smallest absolute Gasteiger partial charge is 0.104 e. The van der Waals surface area contributed by atoms with Gasteiger partial charge in [-0.05, 0) is 18.9 Å². The number of hydrogen-bond acceptors (Lipinski definition) is 1. The van der Waals surface area contributed by atoms with Crippen molar-refractivity contribution in [2.24, 2.45) is 0 Å². The molecular weight excluding hydrogens is 182 g/mol. The summed E-state index contributed by atoms with van der Waals surface area (Å²) in [6, 6.07) is 10.6. The van der Waals surface area contributed by atoms with Gasteiger partial charge in [0.15, 0.2) is 0 Å². The van der Waals surface area contributed by atoms with E-state index in [2.05, 4.69) is 25.1 Å². The summed E-state index contributed by atoms with van der Waals surface area (Å²) in [4.78, 5) is 0. The van der Waals surface area contributed by atoms with Crippen molar-refractivity contribution in [2.45, 2.75) is 18.8 Å². The monoisotopic (exact) mass is 195 g/mol. The molecule has 74 valence electrons. The maximum Gasteiger partial charge on any atom is 0.104 e. The Morgan fingerprint density at radius 3 is 2.47 bits per heavy atom. The molecule has 1 unspecified atom stereocenters. The van der Waals surface area contributed by atoms with Crippen LogP contribution in [0.2, 0.25) is 0 Å². The molecule has 1 aromatic rings. The Morgan fingerprint density at radius 2 is 1.93 bits per heavy atom. The lowest BCUT2D eigenvalue weighted by atomic mass is 9.77. The maximum atomic E-state index is 9.33. The van der Waals surface area contributed by atoms with E-state index in [-0.39, 0.29) is 0 Å². The second-order valence-electron chi connectivity index (χ2n) is 3.94. The van der Waals surface area contributed by atoms with Gasteiger partial charge in [0.05, 0.1) is 6.07 Å². The van der Waals surface area contributed by atoms with Crippen molar-refractivity contribution in [2.75, 3.05) is 0 Å². The van der Waals surface area contributed by atoms with Crippen molar-refractivity contribution in [3.63, 3.8) is 0 Å². The van der Waals surface area contributed by atoms with Crippen LogP contribution in [0.15, 0.2) is 48.6 Å². The zero-order chi connectivity index (χ0) is 10.7. The Balaban J connectivity index is 2.44. The molecule has 1 aliphatic rings. The molecule has 2 rings (SSSR count). The van der Waals surface area contributed by atoms with Crippen molar-refractivity contribution < 1.29 is 0 Å². The number of nitriles is 1. The molecule has 0 aromatic heterocycles. The van der Waals surface area contributed by atoms with Crippen molar-refractivity contribution in [1.82, 2.24) is 0 Å². The number of allylic oxidation sites excluding steroid dienone is 4. The van der Waals surface area contributed by atoms with Gasteiger partial charge < -0.3 is 0 Å². The highest BCUT2D eigenvalue weighted by atomic mass is 14.4. The lowest BCUT2D eigenvalue weighted by Crippen LogP contribution is -2.21. The molecule has 0 bridgehead atoms. The molecule has 0 fully saturated rings. The standard InChI is InChI=1S/C14H13N/c1-12-5-7-13(8-6-12)14(11-15)9-3-2-4-10-14/h2-9H,10H2,1H3. The van der Waals surface area contributed by atoms with E-state index in [4.69, 9.17) is 0 Å². The van der Waals surface area contributed by atoms with E-state index in [1.54, 1.807) is 0 Å². The molecule has 0 heterocycles. The Bertz CT molecular complexity index is 445. The third kappa shape index (κ3) is 1.71. The summed E-state index contributed by atoms with van der Waals surface area (Å²) in [7, 11) is 0. The average Bonchev–Trinajstić information content (AvgIpc) is 2.31. The minimum atomic E-state index is -0.456. The number of nitrogens with zero attached hydrogens (tertiary/aromatic N) is 1. The van der Waals surface area contributed by atoms with Crippen LogP contribution in [0, 0.1) is 18.3 Å². The predicted octanol–water partition coefficient (Wildman–Crippen LogP) is 3.27. The highest BCUT2D eigenvalue weighted by molar-refractivity contribution is 5.43. The van der Waals surface area contributed by atoms with Gasteiger partial charge in [-0.1, -0.05) is 54.1 Å². The van der Waals surface area contributed by atoms with Crippen molar-refractivity contribution in [1.29, 1.82) is 5.26 Å². The molecule has 1 aromatic carbocycles.